The lowest BCUT2D eigenvalue weighted by molar-refractivity contribution is 0.0992. The summed E-state index contributed by atoms with van der Waals surface area (Å²) in [5.41, 5.74) is 0. The van der Waals surface area contributed by atoms with Crippen molar-refractivity contribution < 1.29 is 9.90 Å². The predicted molar refractivity (Wildman–Crippen MR) is 40.6 cm³/mol. The topological polar surface area (TPSA) is 37.3 Å². The van der Waals surface area contributed by atoms with E-state index in [0.717, 1.165) is 11.3 Å². The Morgan fingerprint density at radius 3 is 2.80 bits per heavy atom. The van der Waals surface area contributed by atoms with Gasteiger partial charge in [-0.1, -0.05) is 18.3 Å². The maximum Gasteiger partial charge on any atom is 0.172 e. The van der Waals surface area contributed by atoms with Crippen molar-refractivity contribution in [1.29, 1.82) is 0 Å². The van der Waals surface area contributed by atoms with Crippen LogP contribution in [0.5, 0.6) is 5.06 Å². The van der Waals surface area contributed by atoms with Crippen molar-refractivity contribution in [1.82, 2.24) is 0 Å². The van der Waals surface area contributed by atoms with Gasteiger partial charge in [-0.2, -0.15) is 0 Å². The van der Waals surface area contributed by atoms with E-state index in [1.165, 1.54) is 6.07 Å². The molecule has 0 amide bonds. The lowest BCUT2D eigenvalue weighted by Crippen LogP contribution is -1.90. The highest BCUT2D eigenvalue weighted by molar-refractivity contribution is 7.15. The third-order valence-electron chi connectivity index (χ3n) is 1.19. The second-order valence-electron chi connectivity index (χ2n) is 1.91. The maximum atomic E-state index is 10.9. The highest BCUT2D eigenvalue weighted by Crippen LogP contribution is 2.23. The average molecular weight is 156 g/mol. The van der Waals surface area contributed by atoms with Crippen LogP contribution in [-0.4, -0.2) is 10.9 Å². The average Bonchev–Trinajstić information content (AvgIpc) is 2.34. The first-order valence-electron chi connectivity index (χ1n) is 3.06. The Bertz CT molecular complexity index is 240. The monoisotopic (exact) mass is 156 g/mol. The van der Waals surface area contributed by atoms with Crippen molar-refractivity contribution in [3.63, 3.8) is 0 Å². The lowest BCUT2D eigenvalue weighted by Gasteiger charge is -1.86. The summed E-state index contributed by atoms with van der Waals surface area (Å²) in [6, 6.07) is 3.18. The van der Waals surface area contributed by atoms with Crippen molar-refractivity contribution in [3.8, 4) is 5.06 Å². The van der Waals surface area contributed by atoms with Gasteiger partial charge in [-0.05, 0) is 12.1 Å². The Labute approximate surface area is 63.1 Å². The van der Waals surface area contributed by atoms with Gasteiger partial charge in [0.1, 0.15) is 0 Å². The molecular formula is C7H8O2S. The number of aromatic hydroxyl groups is 1. The summed E-state index contributed by atoms with van der Waals surface area (Å²) in [6.07, 6.45) is 0.500. The fourth-order valence-corrected chi connectivity index (χ4v) is 1.41. The molecule has 1 heterocycles. The van der Waals surface area contributed by atoms with Crippen LogP contribution in [0.25, 0.3) is 0 Å². The lowest BCUT2D eigenvalue weighted by atomic mass is 10.3. The van der Waals surface area contributed by atoms with E-state index >= 15 is 0 Å². The van der Waals surface area contributed by atoms with Crippen LogP contribution in [0.4, 0.5) is 0 Å². The normalized spacial score (nSPS) is 9.70. The Kier molecular flexibility index (Phi) is 2.06. The minimum atomic E-state index is 0.0882. The summed E-state index contributed by atoms with van der Waals surface area (Å²) in [6.45, 7) is 1.80. The Hall–Kier alpha value is -0.830. The zero-order chi connectivity index (χ0) is 7.56. The minimum Gasteiger partial charge on any atom is -0.499 e. The molecule has 0 saturated carbocycles. The van der Waals surface area contributed by atoms with Crippen LogP contribution in [0.2, 0.25) is 0 Å². The standard InChI is InChI=1S/C7H8O2S/c1-2-5(8)6-3-4-7(9)10-6/h3-4,9H,2H2,1H3. The molecule has 0 unspecified atom stereocenters. The van der Waals surface area contributed by atoms with E-state index in [1.54, 1.807) is 13.0 Å². The highest BCUT2D eigenvalue weighted by atomic mass is 32.1. The Morgan fingerprint density at radius 1 is 1.70 bits per heavy atom. The smallest absolute Gasteiger partial charge is 0.172 e. The molecule has 0 aliphatic rings. The quantitative estimate of drug-likeness (QED) is 0.665. The van der Waals surface area contributed by atoms with Crippen LogP contribution in [-0.2, 0) is 0 Å². The molecule has 0 fully saturated rings. The summed E-state index contributed by atoms with van der Waals surface area (Å²) in [5, 5.41) is 9.07. The van der Waals surface area contributed by atoms with Crippen molar-refractivity contribution in [3.05, 3.63) is 17.0 Å². The fourth-order valence-electron chi connectivity index (χ4n) is 0.652. The number of hydrogen-bond acceptors (Lipinski definition) is 3. The van der Waals surface area contributed by atoms with E-state index < -0.39 is 0 Å². The van der Waals surface area contributed by atoms with Gasteiger partial charge in [0.05, 0.1) is 4.88 Å². The molecule has 1 N–H and O–H groups in total. The fraction of sp³-hybridized carbons (Fsp3) is 0.286. The van der Waals surface area contributed by atoms with Crippen LogP contribution in [0.3, 0.4) is 0 Å². The van der Waals surface area contributed by atoms with Gasteiger partial charge in [0, 0.05) is 6.42 Å². The van der Waals surface area contributed by atoms with Crippen molar-refractivity contribution in [2.45, 2.75) is 13.3 Å². The molecule has 0 saturated heterocycles. The van der Waals surface area contributed by atoms with Gasteiger partial charge in [-0.25, -0.2) is 0 Å². The molecule has 0 spiro atoms. The number of rotatable bonds is 2. The van der Waals surface area contributed by atoms with E-state index in [2.05, 4.69) is 0 Å². The summed E-state index contributed by atoms with van der Waals surface area (Å²) >= 11 is 1.13. The summed E-state index contributed by atoms with van der Waals surface area (Å²) in [7, 11) is 0. The number of hydrogen-bond donors (Lipinski definition) is 1. The van der Waals surface area contributed by atoms with Gasteiger partial charge in [-0.3, -0.25) is 4.79 Å². The van der Waals surface area contributed by atoms with Gasteiger partial charge in [-0.15, -0.1) is 0 Å². The Morgan fingerprint density at radius 2 is 2.40 bits per heavy atom. The summed E-state index contributed by atoms with van der Waals surface area (Å²) < 4.78 is 0. The molecule has 2 nitrogen and oxygen atoms in total. The molecule has 0 aliphatic carbocycles. The van der Waals surface area contributed by atoms with Crippen LogP contribution in [0.1, 0.15) is 23.0 Å². The van der Waals surface area contributed by atoms with Crippen LogP contribution >= 0.6 is 11.3 Å². The van der Waals surface area contributed by atoms with Crippen molar-refractivity contribution >= 4 is 17.1 Å². The van der Waals surface area contributed by atoms with Gasteiger partial charge in [0.15, 0.2) is 10.8 Å². The molecule has 1 rings (SSSR count). The van der Waals surface area contributed by atoms with Crippen LogP contribution in [0, 0.1) is 0 Å². The van der Waals surface area contributed by atoms with Gasteiger partial charge >= 0.3 is 0 Å². The molecule has 0 radical (unpaired) electrons. The minimum absolute atomic E-state index is 0.0882. The number of ketones is 1. The van der Waals surface area contributed by atoms with Crippen LogP contribution in [0.15, 0.2) is 12.1 Å². The molecule has 1 aromatic heterocycles. The second-order valence-corrected chi connectivity index (χ2v) is 2.98. The number of carbonyl (C=O) groups is 1. The van der Waals surface area contributed by atoms with Crippen LogP contribution < -0.4 is 0 Å². The third kappa shape index (κ3) is 1.36. The number of carbonyl (C=O) groups excluding carboxylic acids is 1. The van der Waals surface area contributed by atoms with Gasteiger partial charge in [0.25, 0.3) is 0 Å². The van der Waals surface area contributed by atoms with Gasteiger partial charge in [0.2, 0.25) is 0 Å². The zero-order valence-electron chi connectivity index (χ0n) is 5.63. The molecule has 0 bridgehead atoms. The van der Waals surface area contributed by atoms with Crippen molar-refractivity contribution in [2.24, 2.45) is 0 Å². The van der Waals surface area contributed by atoms with Crippen molar-refractivity contribution in [2.75, 3.05) is 0 Å². The molecule has 10 heavy (non-hydrogen) atoms. The summed E-state index contributed by atoms with van der Waals surface area (Å²) in [4.78, 5) is 11.6. The van der Waals surface area contributed by atoms with Gasteiger partial charge < -0.3 is 5.11 Å². The number of thiophene rings is 1. The maximum absolute atomic E-state index is 10.9. The third-order valence-corrected chi connectivity index (χ3v) is 2.12. The molecule has 1 aromatic rings. The highest BCUT2D eigenvalue weighted by Gasteiger charge is 2.04. The van der Waals surface area contributed by atoms with E-state index in [-0.39, 0.29) is 10.8 Å². The molecular weight excluding hydrogens is 148 g/mol. The first-order valence-corrected chi connectivity index (χ1v) is 3.87. The molecule has 0 atom stereocenters. The summed E-state index contributed by atoms with van der Waals surface area (Å²) in [5.74, 6) is 0.0882. The zero-order valence-corrected chi connectivity index (χ0v) is 6.44. The molecule has 0 aromatic carbocycles. The molecule has 0 aliphatic heterocycles. The largest absolute Gasteiger partial charge is 0.499 e. The Balaban J connectivity index is 2.85. The molecule has 54 valence electrons. The number of Topliss-reactive ketones (excluding diaryl/α,β-unsaturated/α-hetero) is 1. The second kappa shape index (κ2) is 2.84. The molecule has 3 heteroatoms. The first-order chi connectivity index (χ1) is 4.74. The predicted octanol–water partition coefficient (Wildman–Crippen LogP) is 2.05. The first kappa shape index (κ1) is 7.28. The van der Waals surface area contributed by atoms with E-state index in [1.807, 2.05) is 0 Å². The van der Waals surface area contributed by atoms with E-state index in [9.17, 15) is 4.79 Å². The van der Waals surface area contributed by atoms with E-state index in [0.29, 0.717) is 11.3 Å². The SMILES string of the molecule is CCC(=O)c1ccc(O)s1. The van der Waals surface area contributed by atoms with E-state index in [4.69, 9.17) is 5.11 Å².